The maximum atomic E-state index is 4.23. The van der Waals surface area contributed by atoms with E-state index in [1.807, 2.05) is 13.0 Å². The fourth-order valence-corrected chi connectivity index (χ4v) is 11.9. The molecule has 2 nitrogen and oxygen atoms in total. The standard InChI is InChI=1S/C70H50N2/c1-3-5-25-48(4-2)50-28-23-34-54(44-50)71(52-30-11-7-12-31-52)66-46-64-68(60-40-17-15-38-58(60)66)69-61-41-18-16-39-59(61)67(47-65(69)70(64)62-42-21-19-36-56(62)57-37-20-22-43-63(57)70)72(53-32-13-8-14-33-53)55-35-24-29-51(45-55)49-26-9-6-10-27-49/h3-47H,2H2,1H3/b5-3-,48-25+. The molecule has 2 aliphatic rings. The Morgan fingerprint density at radius 2 is 0.819 bits per heavy atom. The van der Waals surface area contributed by atoms with E-state index in [1.54, 1.807) is 0 Å². The van der Waals surface area contributed by atoms with E-state index >= 15 is 0 Å². The Labute approximate surface area is 422 Å². The molecule has 0 unspecified atom stereocenters. The van der Waals surface area contributed by atoms with Gasteiger partial charge in [0.2, 0.25) is 0 Å². The van der Waals surface area contributed by atoms with Crippen LogP contribution in [0.25, 0.3) is 60.5 Å². The third-order valence-corrected chi connectivity index (χ3v) is 14.9. The summed E-state index contributed by atoms with van der Waals surface area (Å²) in [5.41, 5.74) is 20.7. The van der Waals surface area contributed by atoms with Gasteiger partial charge in [-0.3, -0.25) is 0 Å². The first-order chi connectivity index (χ1) is 35.7. The maximum absolute atomic E-state index is 4.23. The van der Waals surface area contributed by atoms with Crippen LogP contribution >= 0.6 is 0 Å². The third-order valence-electron chi connectivity index (χ3n) is 14.9. The Morgan fingerprint density at radius 3 is 1.35 bits per heavy atom. The minimum atomic E-state index is -0.681. The molecule has 0 aromatic heterocycles. The van der Waals surface area contributed by atoms with Crippen LogP contribution in [0.2, 0.25) is 0 Å². The van der Waals surface area contributed by atoms with Gasteiger partial charge in [-0.05, 0) is 145 Å². The summed E-state index contributed by atoms with van der Waals surface area (Å²) in [7, 11) is 0. The lowest BCUT2D eigenvalue weighted by Gasteiger charge is -2.34. The largest absolute Gasteiger partial charge is 0.310 e. The minimum Gasteiger partial charge on any atom is -0.310 e. The molecule has 0 fully saturated rings. The van der Waals surface area contributed by atoms with Crippen LogP contribution in [0.1, 0.15) is 34.7 Å². The van der Waals surface area contributed by atoms with Crippen molar-refractivity contribution in [3.63, 3.8) is 0 Å². The van der Waals surface area contributed by atoms with E-state index in [9.17, 15) is 0 Å². The highest BCUT2D eigenvalue weighted by Gasteiger charge is 2.53. The van der Waals surface area contributed by atoms with Crippen LogP contribution in [-0.2, 0) is 5.41 Å². The highest BCUT2D eigenvalue weighted by molar-refractivity contribution is 6.19. The maximum Gasteiger partial charge on any atom is 0.0727 e. The Bertz CT molecular complexity index is 3910. The zero-order valence-corrected chi connectivity index (χ0v) is 40.1. The van der Waals surface area contributed by atoms with Crippen molar-refractivity contribution >= 4 is 61.2 Å². The Morgan fingerprint density at radius 1 is 0.389 bits per heavy atom. The first-order valence-corrected chi connectivity index (χ1v) is 24.9. The average Bonchev–Trinajstić information content (AvgIpc) is 3.92. The molecular formula is C70H50N2. The quantitative estimate of drug-likeness (QED) is 0.126. The van der Waals surface area contributed by atoms with Crippen molar-refractivity contribution in [3.05, 3.63) is 307 Å². The van der Waals surface area contributed by atoms with E-state index in [0.717, 1.165) is 45.3 Å². The number of allylic oxidation sites excluding steroid dienone is 5. The van der Waals surface area contributed by atoms with Crippen LogP contribution < -0.4 is 9.80 Å². The second-order valence-electron chi connectivity index (χ2n) is 18.7. The van der Waals surface area contributed by atoms with Crippen molar-refractivity contribution in [2.75, 3.05) is 9.80 Å². The van der Waals surface area contributed by atoms with Gasteiger partial charge in [-0.25, -0.2) is 0 Å². The molecule has 0 heterocycles. The van der Waals surface area contributed by atoms with Gasteiger partial charge in [0.15, 0.2) is 0 Å². The van der Waals surface area contributed by atoms with Gasteiger partial charge in [-0.15, -0.1) is 0 Å². The van der Waals surface area contributed by atoms with E-state index in [-0.39, 0.29) is 0 Å². The van der Waals surface area contributed by atoms with Crippen molar-refractivity contribution in [1.82, 2.24) is 0 Å². The van der Waals surface area contributed by atoms with Crippen LogP contribution in [0.5, 0.6) is 0 Å². The predicted octanol–water partition coefficient (Wildman–Crippen LogP) is 19.1. The summed E-state index contributed by atoms with van der Waals surface area (Å²) in [6, 6.07) is 92.0. The zero-order valence-electron chi connectivity index (χ0n) is 40.1. The number of hydrogen-bond acceptors (Lipinski definition) is 2. The smallest absolute Gasteiger partial charge is 0.0727 e. The molecule has 0 bridgehead atoms. The minimum absolute atomic E-state index is 0.681. The van der Waals surface area contributed by atoms with Gasteiger partial charge < -0.3 is 9.80 Å². The number of hydrogen-bond donors (Lipinski definition) is 0. The molecule has 0 aliphatic heterocycles. The van der Waals surface area contributed by atoms with Gasteiger partial charge in [0.1, 0.15) is 0 Å². The summed E-state index contributed by atoms with van der Waals surface area (Å²) in [6.45, 7) is 6.27. The van der Waals surface area contributed by atoms with Gasteiger partial charge in [0.05, 0.1) is 16.8 Å². The normalized spacial score (nSPS) is 13.0. The van der Waals surface area contributed by atoms with E-state index in [0.29, 0.717) is 0 Å². The monoisotopic (exact) mass is 918 g/mol. The first-order valence-electron chi connectivity index (χ1n) is 24.9. The molecule has 0 N–H and O–H groups in total. The number of para-hydroxylation sites is 2. The fourth-order valence-electron chi connectivity index (χ4n) is 11.9. The van der Waals surface area contributed by atoms with E-state index in [2.05, 4.69) is 283 Å². The Kier molecular flexibility index (Phi) is 10.5. The van der Waals surface area contributed by atoms with Gasteiger partial charge in [0, 0.05) is 33.5 Å². The lowest BCUT2D eigenvalue weighted by atomic mass is 9.70. The molecule has 0 radical (unpaired) electrons. The molecule has 2 heteroatoms. The summed E-state index contributed by atoms with van der Waals surface area (Å²) in [5, 5.41) is 4.81. The molecule has 2 aliphatic carbocycles. The average molecular weight is 919 g/mol. The van der Waals surface area contributed by atoms with E-state index in [4.69, 9.17) is 0 Å². The molecular weight excluding hydrogens is 869 g/mol. The van der Waals surface area contributed by atoms with Gasteiger partial charge in [-0.2, -0.15) is 0 Å². The Hall–Kier alpha value is -9.24. The summed E-state index contributed by atoms with van der Waals surface area (Å²) in [4.78, 5) is 4.95. The number of nitrogens with zero attached hydrogens (tertiary/aromatic N) is 2. The highest BCUT2D eigenvalue weighted by Crippen LogP contribution is 2.67. The molecule has 11 aromatic carbocycles. The van der Waals surface area contributed by atoms with Gasteiger partial charge in [0.25, 0.3) is 0 Å². The summed E-state index contributed by atoms with van der Waals surface area (Å²) in [5.74, 6) is 0. The van der Waals surface area contributed by atoms with Crippen LogP contribution in [-0.4, -0.2) is 0 Å². The van der Waals surface area contributed by atoms with Crippen molar-refractivity contribution in [1.29, 1.82) is 0 Å². The van der Waals surface area contributed by atoms with Gasteiger partial charge >= 0.3 is 0 Å². The second kappa shape index (κ2) is 17.6. The topological polar surface area (TPSA) is 6.48 Å². The summed E-state index contributed by atoms with van der Waals surface area (Å²) < 4.78 is 0. The SMILES string of the molecule is C=C/C(=C\C=C/C)c1cccc(N(c2ccccc2)c2cc3c(c4ccccc24)-c2c(cc(N(c4ccccc4)c4cccc(-c5ccccc5)c4)c4ccccc24)C32c3ccccc3-c3ccccc32)c1. The van der Waals surface area contributed by atoms with Crippen molar-refractivity contribution < 1.29 is 0 Å². The lowest BCUT2D eigenvalue weighted by Crippen LogP contribution is -2.26. The van der Waals surface area contributed by atoms with Crippen LogP contribution in [0.3, 0.4) is 0 Å². The van der Waals surface area contributed by atoms with Gasteiger partial charge in [-0.1, -0.05) is 219 Å². The van der Waals surface area contributed by atoms with Crippen molar-refractivity contribution in [3.8, 4) is 33.4 Å². The van der Waals surface area contributed by atoms with Crippen LogP contribution in [0, 0.1) is 0 Å². The summed E-state index contributed by atoms with van der Waals surface area (Å²) in [6.07, 6.45) is 8.22. The zero-order chi connectivity index (χ0) is 48.2. The molecule has 72 heavy (non-hydrogen) atoms. The lowest BCUT2D eigenvalue weighted by molar-refractivity contribution is 0.795. The number of fused-ring (bicyclic) bond motifs is 14. The van der Waals surface area contributed by atoms with E-state index < -0.39 is 5.41 Å². The van der Waals surface area contributed by atoms with Crippen molar-refractivity contribution in [2.24, 2.45) is 0 Å². The molecule has 0 saturated heterocycles. The molecule has 13 rings (SSSR count). The molecule has 1 spiro atoms. The fraction of sp³-hybridized carbons (Fsp3) is 0.0286. The summed E-state index contributed by atoms with van der Waals surface area (Å²) >= 11 is 0. The number of benzene rings is 11. The third kappa shape index (κ3) is 6.64. The Balaban J connectivity index is 1.16. The first kappa shape index (κ1) is 42.8. The highest BCUT2D eigenvalue weighted by atomic mass is 15.2. The number of rotatable bonds is 10. The van der Waals surface area contributed by atoms with Crippen LogP contribution in [0.4, 0.5) is 34.1 Å². The molecule has 0 saturated carbocycles. The molecule has 11 aromatic rings. The molecule has 340 valence electrons. The number of anilines is 6. The predicted molar refractivity (Wildman–Crippen MR) is 306 cm³/mol. The van der Waals surface area contributed by atoms with Crippen LogP contribution in [0.15, 0.2) is 280 Å². The van der Waals surface area contributed by atoms with Crippen molar-refractivity contribution in [2.45, 2.75) is 12.3 Å². The molecule has 0 atom stereocenters. The van der Waals surface area contributed by atoms with E-state index in [1.165, 1.54) is 77.2 Å². The second-order valence-corrected chi connectivity index (χ2v) is 18.7. The molecule has 0 amide bonds.